The summed E-state index contributed by atoms with van der Waals surface area (Å²) >= 11 is 0. The summed E-state index contributed by atoms with van der Waals surface area (Å²) in [7, 11) is 0. The van der Waals surface area contributed by atoms with E-state index in [0.717, 1.165) is 16.8 Å². The van der Waals surface area contributed by atoms with Crippen LogP contribution >= 0.6 is 0 Å². The van der Waals surface area contributed by atoms with Crippen LogP contribution in [0, 0.1) is 5.41 Å². The zero-order chi connectivity index (χ0) is 15.5. The fourth-order valence-electron chi connectivity index (χ4n) is 1.94. The van der Waals surface area contributed by atoms with E-state index >= 15 is 0 Å². The minimum atomic E-state index is -0.425. The maximum absolute atomic E-state index is 12.1. The first kappa shape index (κ1) is 15.1. The first-order valence-electron chi connectivity index (χ1n) is 7.03. The van der Waals surface area contributed by atoms with Crippen molar-refractivity contribution in [2.45, 2.75) is 27.2 Å². The second kappa shape index (κ2) is 6.00. The summed E-state index contributed by atoms with van der Waals surface area (Å²) in [5, 5.41) is 12.3. The Morgan fingerprint density at radius 2 is 1.67 bits per heavy atom. The number of nitrogens with one attached hydrogen (secondary N) is 1. The summed E-state index contributed by atoms with van der Waals surface area (Å²) in [6.07, 6.45) is 0.709. The molecule has 2 rings (SSSR count). The molecule has 1 amide bonds. The van der Waals surface area contributed by atoms with Gasteiger partial charge in [-0.05, 0) is 35.7 Å². The molecular formula is C18H21NO2. The molecule has 0 aliphatic rings. The normalized spacial score (nSPS) is 11.2. The van der Waals surface area contributed by atoms with Crippen LogP contribution in [0.4, 0.5) is 5.69 Å². The van der Waals surface area contributed by atoms with Crippen molar-refractivity contribution in [3.05, 3.63) is 59.7 Å². The SMILES string of the molecule is CC(C)(C)C(=O)Nc1ccccc1Cc1ccc(O)cc1. The van der Waals surface area contributed by atoms with E-state index in [-0.39, 0.29) is 11.7 Å². The third-order valence-corrected chi connectivity index (χ3v) is 3.28. The van der Waals surface area contributed by atoms with E-state index in [1.54, 1.807) is 12.1 Å². The third-order valence-electron chi connectivity index (χ3n) is 3.28. The summed E-state index contributed by atoms with van der Waals surface area (Å²) in [4.78, 5) is 12.1. The van der Waals surface area contributed by atoms with Gasteiger partial charge in [-0.25, -0.2) is 0 Å². The van der Waals surface area contributed by atoms with Gasteiger partial charge in [-0.3, -0.25) is 4.79 Å². The second-order valence-electron chi connectivity index (χ2n) is 6.20. The highest BCUT2D eigenvalue weighted by Crippen LogP contribution is 2.23. The van der Waals surface area contributed by atoms with E-state index in [2.05, 4.69) is 5.32 Å². The number of phenols is 1. The number of carbonyl (C=O) groups is 1. The van der Waals surface area contributed by atoms with Crippen molar-refractivity contribution in [3.63, 3.8) is 0 Å². The molecule has 0 atom stereocenters. The zero-order valence-electron chi connectivity index (χ0n) is 12.7. The molecule has 110 valence electrons. The predicted octanol–water partition coefficient (Wildman–Crippen LogP) is 3.97. The molecule has 0 unspecified atom stereocenters. The fraction of sp³-hybridized carbons (Fsp3) is 0.278. The number of rotatable bonds is 3. The molecule has 3 heteroatoms. The Morgan fingerprint density at radius 3 is 2.29 bits per heavy atom. The molecule has 0 saturated carbocycles. The molecule has 0 aromatic heterocycles. The molecule has 0 radical (unpaired) electrons. The summed E-state index contributed by atoms with van der Waals surface area (Å²) in [5.74, 6) is 0.258. The highest BCUT2D eigenvalue weighted by molar-refractivity contribution is 5.95. The van der Waals surface area contributed by atoms with Crippen LogP contribution in [0.5, 0.6) is 5.75 Å². The third kappa shape index (κ3) is 4.09. The van der Waals surface area contributed by atoms with Gasteiger partial charge >= 0.3 is 0 Å². The minimum absolute atomic E-state index is 0.000608. The van der Waals surface area contributed by atoms with Crippen LogP contribution in [-0.4, -0.2) is 11.0 Å². The van der Waals surface area contributed by atoms with Crippen molar-refractivity contribution in [2.75, 3.05) is 5.32 Å². The first-order valence-corrected chi connectivity index (χ1v) is 7.03. The smallest absolute Gasteiger partial charge is 0.229 e. The summed E-state index contributed by atoms with van der Waals surface area (Å²) in [6, 6.07) is 14.9. The predicted molar refractivity (Wildman–Crippen MR) is 85.4 cm³/mol. The van der Waals surface area contributed by atoms with Crippen LogP contribution < -0.4 is 5.32 Å². The average Bonchev–Trinajstić information content (AvgIpc) is 2.42. The van der Waals surface area contributed by atoms with Crippen LogP contribution in [0.2, 0.25) is 0 Å². The van der Waals surface area contributed by atoms with Gasteiger partial charge in [0.05, 0.1) is 0 Å². The lowest BCUT2D eigenvalue weighted by Crippen LogP contribution is -2.28. The number of para-hydroxylation sites is 1. The molecule has 21 heavy (non-hydrogen) atoms. The molecule has 0 spiro atoms. The summed E-state index contributed by atoms with van der Waals surface area (Å²) in [5.41, 5.74) is 2.56. The van der Waals surface area contributed by atoms with Gasteiger partial charge in [-0.15, -0.1) is 0 Å². The van der Waals surface area contributed by atoms with Gasteiger partial charge in [0.25, 0.3) is 0 Å². The van der Waals surface area contributed by atoms with Gasteiger partial charge in [-0.1, -0.05) is 51.1 Å². The number of anilines is 1. The Bertz CT molecular complexity index is 624. The average molecular weight is 283 g/mol. The van der Waals surface area contributed by atoms with Crippen LogP contribution in [0.1, 0.15) is 31.9 Å². The minimum Gasteiger partial charge on any atom is -0.508 e. The molecule has 0 heterocycles. The van der Waals surface area contributed by atoms with Crippen LogP contribution in [0.3, 0.4) is 0 Å². The lowest BCUT2D eigenvalue weighted by molar-refractivity contribution is -0.123. The molecule has 0 bridgehead atoms. The van der Waals surface area contributed by atoms with Crippen LogP contribution in [-0.2, 0) is 11.2 Å². The maximum Gasteiger partial charge on any atom is 0.229 e. The quantitative estimate of drug-likeness (QED) is 0.895. The van der Waals surface area contributed by atoms with Crippen LogP contribution in [0.15, 0.2) is 48.5 Å². The number of hydrogen-bond donors (Lipinski definition) is 2. The van der Waals surface area contributed by atoms with E-state index in [9.17, 15) is 9.90 Å². The lowest BCUT2D eigenvalue weighted by Gasteiger charge is -2.19. The van der Waals surface area contributed by atoms with Gasteiger partial charge in [-0.2, -0.15) is 0 Å². The standard InChI is InChI=1S/C18H21NO2/c1-18(2,3)17(21)19-16-7-5-4-6-14(16)12-13-8-10-15(20)11-9-13/h4-11,20H,12H2,1-3H3,(H,19,21). The van der Waals surface area contributed by atoms with E-state index in [1.807, 2.05) is 57.2 Å². The van der Waals surface area contributed by atoms with Crippen molar-refractivity contribution >= 4 is 11.6 Å². The van der Waals surface area contributed by atoms with Gasteiger partial charge in [0.15, 0.2) is 0 Å². The largest absolute Gasteiger partial charge is 0.508 e. The van der Waals surface area contributed by atoms with Gasteiger partial charge in [0, 0.05) is 11.1 Å². The van der Waals surface area contributed by atoms with E-state index in [0.29, 0.717) is 6.42 Å². The van der Waals surface area contributed by atoms with Gasteiger partial charge < -0.3 is 10.4 Å². The highest BCUT2D eigenvalue weighted by atomic mass is 16.3. The number of aromatic hydroxyl groups is 1. The maximum atomic E-state index is 12.1. The molecule has 0 saturated heterocycles. The number of phenolic OH excluding ortho intramolecular Hbond substituents is 1. The molecular weight excluding hydrogens is 262 g/mol. The van der Waals surface area contributed by atoms with Crippen molar-refractivity contribution in [2.24, 2.45) is 5.41 Å². The Morgan fingerprint density at radius 1 is 1.05 bits per heavy atom. The van der Waals surface area contributed by atoms with Crippen molar-refractivity contribution in [1.29, 1.82) is 0 Å². The van der Waals surface area contributed by atoms with Gasteiger partial charge in [0.1, 0.15) is 5.75 Å². The van der Waals surface area contributed by atoms with Gasteiger partial charge in [0.2, 0.25) is 5.91 Å². The lowest BCUT2D eigenvalue weighted by atomic mass is 9.95. The zero-order valence-corrected chi connectivity index (χ0v) is 12.7. The number of hydrogen-bond acceptors (Lipinski definition) is 2. The van der Waals surface area contributed by atoms with Crippen LogP contribution in [0.25, 0.3) is 0 Å². The summed E-state index contributed by atoms with van der Waals surface area (Å²) in [6.45, 7) is 5.68. The molecule has 0 fully saturated rings. The molecule has 2 N–H and O–H groups in total. The molecule has 0 aliphatic carbocycles. The molecule has 2 aromatic rings. The van der Waals surface area contributed by atoms with Crippen molar-refractivity contribution in [3.8, 4) is 5.75 Å². The number of carbonyl (C=O) groups excluding carboxylic acids is 1. The molecule has 0 aliphatic heterocycles. The Hall–Kier alpha value is -2.29. The second-order valence-corrected chi connectivity index (χ2v) is 6.20. The fourth-order valence-corrected chi connectivity index (χ4v) is 1.94. The van der Waals surface area contributed by atoms with E-state index in [4.69, 9.17) is 0 Å². The Balaban J connectivity index is 2.21. The van der Waals surface area contributed by atoms with E-state index < -0.39 is 5.41 Å². The Kier molecular flexibility index (Phi) is 4.32. The monoisotopic (exact) mass is 283 g/mol. The molecule has 3 nitrogen and oxygen atoms in total. The Labute approximate surface area is 125 Å². The highest BCUT2D eigenvalue weighted by Gasteiger charge is 2.21. The van der Waals surface area contributed by atoms with E-state index in [1.165, 1.54) is 0 Å². The van der Waals surface area contributed by atoms with Crippen molar-refractivity contribution < 1.29 is 9.90 Å². The first-order chi connectivity index (χ1) is 9.86. The van der Waals surface area contributed by atoms with Crippen molar-refractivity contribution in [1.82, 2.24) is 0 Å². The molecule has 2 aromatic carbocycles. The number of benzene rings is 2. The summed E-state index contributed by atoms with van der Waals surface area (Å²) < 4.78 is 0. The number of amides is 1. The topological polar surface area (TPSA) is 49.3 Å².